The zero-order chi connectivity index (χ0) is 18.8. The van der Waals surface area contributed by atoms with Gasteiger partial charge in [0.15, 0.2) is 6.10 Å². The number of thiophene rings is 1. The summed E-state index contributed by atoms with van der Waals surface area (Å²) in [6.45, 7) is 3.69. The number of nitrogens with one attached hydrogen (secondary N) is 1. The van der Waals surface area contributed by atoms with Crippen LogP contribution >= 0.6 is 22.9 Å². The Bertz CT molecular complexity index is 851. The predicted octanol–water partition coefficient (Wildman–Crippen LogP) is 4.85. The van der Waals surface area contributed by atoms with Gasteiger partial charge in [0, 0.05) is 4.88 Å². The quantitative estimate of drug-likeness (QED) is 0.753. The highest BCUT2D eigenvalue weighted by atomic mass is 35.5. The third kappa shape index (κ3) is 4.24. The van der Waals surface area contributed by atoms with E-state index in [1.54, 1.807) is 0 Å². The minimum absolute atomic E-state index is 0.0805. The van der Waals surface area contributed by atoms with Crippen LogP contribution < -0.4 is 5.32 Å². The molecule has 3 rings (SSSR count). The monoisotopic (exact) mass is 395 g/mol. The molecule has 1 aromatic heterocycles. The van der Waals surface area contributed by atoms with Crippen molar-refractivity contribution in [3.05, 3.63) is 50.4 Å². The Kier molecular flexibility index (Phi) is 5.63. The van der Waals surface area contributed by atoms with Gasteiger partial charge < -0.3 is 10.1 Å². The van der Waals surface area contributed by atoms with Crippen molar-refractivity contribution >= 4 is 40.5 Å². The molecule has 2 atom stereocenters. The molecule has 0 fully saturated rings. The van der Waals surface area contributed by atoms with Gasteiger partial charge in [-0.3, -0.25) is 4.79 Å². The van der Waals surface area contributed by atoms with Crippen LogP contribution in [0.2, 0.25) is 5.02 Å². The van der Waals surface area contributed by atoms with Crippen molar-refractivity contribution in [2.75, 3.05) is 5.32 Å². The van der Waals surface area contributed by atoms with Crippen molar-refractivity contribution in [1.82, 2.24) is 0 Å². The number of hydrogen-bond donors (Lipinski definition) is 1. The van der Waals surface area contributed by atoms with Gasteiger partial charge in [0.05, 0.1) is 10.7 Å². The van der Waals surface area contributed by atoms with Crippen LogP contribution in [0, 0.1) is 11.7 Å². The van der Waals surface area contributed by atoms with Gasteiger partial charge in [-0.1, -0.05) is 18.5 Å². The maximum Gasteiger partial charge on any atom is 0.349 e. The average molecular weight is 396 g/mol. The normalized spacial score (nSPS) is 17.3. The van der Waals surface area contributed by atoms with Crippen molar-refractivity contribution in [2.24, 2.45) is 5.92 Å². The number of carbonyl (C=O) groups excluding carboxylic acids is 2. The van der Waals surface area contributed by atoms with E-state index in [1.807, 2.05) is 6.07 Å². The molecule has 4 nitrogen and oxygen atoms in total. The number of aryl methyl sites for hydroxylation is 1. The van der Waals surface area contributed by atoms with Crippen molar-refractivity contribution in [3.8, 4) is 0 Å². The number of carbonyl (C=O) groups is 2. The fraction of sp³-hybridized carbons (Fsp3) is 0.368. The van der Waals surface area contributed by atoms with Crippen molar-refractivity contribution in [1.29, 1.82) is 0 Å². The van der Waals surface area contributed by atoms with E-state index in [1.165, 1.54) is 40.8 Å². The second-order valence-corrected chi connectivity index (χ2v) is 8.11. The Hall–Kier alpha value is -1.92. The number of esters is 1. The molecule has 138 valence electrons. The standard InChI is InChI=1S/C19H19ClFNO3S/c1-10-3-6-16-12(7-10)8-17(26-16)19(24)25-11(2)18(23)22-15-5-4-13(21)9-14(15)20/h4-5,8-11H,3,6-7H2,1-2H3,(H,22,23)/t10-,11-/m0/s1. The van der Waals surface area contributed by atoms with E-state index in [-0.39, 0.29) is 10.7 Å². The number of ether oxygens (including phenoxy) is 1. The summed E-state index contributed by atoms with van der Waals surface area (Å²) < 4.78 is 18.3. The van der Waals surface area contributed by atoms with E-state index in [0.29, 0.717) is 10.8 Å². The van der Waals surface area contributed by atoms with E-state index in [9.17, 15) is 14.0 Å². The van der Waals surface area contributed by atoms with E-state index in [4.69, 9.17) is 16.3 Å². The maximum absolute atomic E-state index is 13.1. The molecule has 1 aromatic carbocycles. The fourth-order valence-electron chi connectivity index (χ4n) is 2.90. The van der Waals surface area contributed by atoms with Crippen LogP contribution in [0.15, 0.2) is 24.3 Å². The molecule has 0 unspecified atom stereocenters. The van der Waals surface area contributed by atoms with Crippen LogP contribution in [0.5, 0.6) is 0 Å². The first-order valence-corrected chi connectivity index (χ1v) is 9.61. The lowest BCUT2D eigenvalue weighted by Crippen LogP contribution is -2.29. The summed E-state index contributed by atoms with van der Waals surface area (Å²) in [6, 6.07) is 5.53. The summed E-state index contributed by atoms with van der Waals surface area (Å²) in [7, 11) is 0. The number of halogens is 2. The first kappa shape index (κ1) is 18.9. The number of rotatable bonds is 4. The molecule has 1 aliphatic carbocycles. The van der Waals surface area contributed by atoms with Crippen LogP contribution in [0.3, 0.4) is 0 Å². The molecule has 0 aliphatic heterocycles. The Morgan fingerprint density at radius 2 is 2.15 bits per heavy atom. The van der Waals surface area contributed by atoms with Crippen LogP contribution in [-0.4, -0.2) is 18.0 Å². The minimum atomic E-state index is -0.998. The number of fused-ring (bicyclic) bond motifs is 1. The average Bonchev–Trinajstić information content (AvgIpc) is 3.00. The van der Waals surface area contributed by atoms with Crippen LogP contribution in [-0.2, 0) is 22.4 Å². The first-order chi connectivity index (χ1) is 12.3. The molecule has 0 bridgehead atoms. The summed E-state index contributed by atoms with van der Waals surface area (Å²) in [5.74, 6) is -0.915. The number of hydrogen-bond acceptors (Lipinski definition) is 4. The van der Waals surface area contributed by atoms with E-state index in [0.717, 1.165) is 25.3 Å². The zero-order valence-electron chi connectivity index (χ0n) is 14.5. The molecule has 0 radical (unpaired) electrons. The Morgan fingerprint density at radius 3 is 2.88 bits per heavy atom. The lowest BCUT2D eigenvalue weighted by molar-refractivity contribution is -0.123. The molecule has 1 amide bonds. The molecular weight excluding hydrogens is 377 g/mol. The maximum atomic E-state index is 13.1. The van der Waals surface area contributed by atoms with Crippen LogP contribution in [0.4, 0.5) is 10.1 Å². The molecule has 1 aliphatic rings. The van der Waals surface area contributed by atoms with Gasteiger partial charge in [0.2, 0.25) is 0 Å². The molecule has 1 N–H and O–H groups in total. The van der Waals surface area contributed by atoms with Crippen molar-refractivity contribution in [3.63, 3.8) is 0 Å². The van der Waals surface area contributed by atoms with Gasteiger partial charge in [0.25, 0.3) is 5.91 Å². The molecule has 0 saturated heterocycles. The Morgan fingerprint density at radius 1 is 1.38 bits per heavy atom. The second kappa shape index (κ2) is 7.76. The lowest BCUT2D eigenvalue weighted by atomic mass is 9.90. The molecular formula is C19H19ClFNO3S. The largest absolute Gasteiger partial charge is 0.448 e. The van der Waals surface area contributed by atoms with Gasteiger partial charge in [-0.05, 0) is 61.9 Å². The SMILES string of the molecule is C[C@H]1CCc2sc(C(=O)O[C@@H](C)C(=O)Nc3ccc(F)cc3Cl)cc2C1. The smallest absolute Gasteiger partial charge is 0.349 e. The summed E-state index contributed by atoms with van der Waals surface area (Å²) in [4.78, 5) is 26.3. The Labute approximate surface area is 160 Å². The number of benzene rings is 1. The third-order valence-corrected chi connectivity index (χ3v) is 5.90. The fourth-order valence-corrected chi connectivity index (χ4v) is 4.21. The highest BCUT2D eigenvalue weighted by molar-refractivity contribution is 7.14. The van der Waals surface area contributed by atoms with Gasteiger partial charge in [-0.15, -0.1) is 11.3 Å². The van der Waals surface area contributed by atoms with E-state index < -0.39 is 23.8 Å². The summed E-state index contributed by atoms with van der Waals surface area (Å²) in [6.07, 6.45) is 2.08. The lowest BCUT2D eigenvalue weighted by Gasteiger charge is -2.16. The molecule has 0 spiro atoms. The molecule has 0 saturated carbocycles. The molecule has 7 heteroatoms. The van der Waals surface area contributed by atoms with Gasteiger partial charge >= 0.3 is 5.97 Å². The number of anilines is 1. The van der Waals surface area contributed by atoms with E-state index >= 15 is 0 Å². The molecule has 1 heterocycles. The number of amides is 1. The van der Waals surface area contributed by atoms with Crippen molar-refractivity contribution in [2.45, 2.75) is 39.2 Å². The summed E-state index contributed by atoms with van der Waals surface area (Å²) >= 11 is 7.33. The summed E-state index contributed by atoms with van der Waals surface area (Å²) in [5, 5.41) is 2.62. The highest BCUT2D eigenvalue weighted by Crippen LogP contribution is 2.32. The third-order valence-electron chi connectivity index (χ3n) is 4.37. The zero-order valence-corrected chi connectivity index (χ0v) is 16.0. The molecule has 2 aromatic rings. The molecule has 26 heavy (non-hydrogen) atoms. The Balaban J connectivity index is 1.62. The van der Waals surface area contributed by atoms with Gasteiger partial charge in [-0.2, -0.15) is 0 Å². The first-order valence-electron chi connectivity index (χ1n) is 8.42. The summed E-state index contributed by atoms with van der Waals surface area (Å²) in [5.41, 5.74) is 1.47. The van der Waals surface area contributed by atoms with Gasteiger partial charge in [-0.25, -0.2) is 9.18 Å². The van der Waals surface area contributed by atoms with Crippen molar-refractivity contribution < 1.29 is 18.7 Å². The topological polar surface area (TPSA) is 55.4 Å². The minimum Gasteiger partial charge on any atom is -0.448 e. The van der Waals surface area contributed by atoms with Crippen LogP contribution in [0.1, 0.15) is 40.4 Å². The van der Waals surface area contributed by atoms with Gasteiger partial charge in [0.1, 0.15) is 10.7 Å². The van der Waals surface area contributed by atoms with E-state index in [2.05, 4.69) is 12.2 Å². The van der Waals surface area contributed by atoms with Crippen LogP contribution in [0.25, 0.3) is 0 Å². The highest BCUT2D eigenvalue weighted by Gasteiger charge is 2.24. The predicted molar refractivity (Wildman–Crippen MR) is 100 cm³/mol. The second-order valence-electron chi connectivity index (χ2n) is 6.57.